The van der Waals surface area contributed by atoms with E-state index in [1.165, 1.54) is 24.8 Å². The Kier molecular flexibility index (Phi) is 5.48. The van der Waals surface area contributed by atoms with Gasteiger partial charge in [0, 0.05) is 29.2 Å². The highest BCUT2D eigenvalue weighted by molar-refractivity contribution is 7.89. The molecule has 2 aromatic carbocycles. The van der Waals surface area contributed by atoms with E-state index in [1.54, 1.807) is 6.07 Å². The predicted octanol–water partition coefficient (Wildman–Crippen LogP) is 2.79. The Balaban J connectivity index is 1.61. The zero-order valence-corrected chi connectivity index (χ0v) is 15.7. The molecule has 1 amide bonds. The molecule has 1 aromatic heterocycles. The van der Waals surface area contributed by atoms with Gasteiger partial charge in [0.1, 0.15) is 10.6 Å². The van der Waals surface area contributed by atoms with E-state index in [9.17, 15) is 13.2 Å². The van der Waals surface area contributed by atoms with Crippen molar-refractivity contribution in [3.05, 3.63) is 54.2 Å². The lowest BCUT2D eigenvalue weighted by molar-refractivity contribution is -0.116. The number of para-hydroxylation sites is 1. The standard InChI is InChI=1S/C19H21N3O4S/c1-26-17-10-9-14(11-18(17)27(20,24)25)22-19(23)8-4-5-13-12-21-16-7-3-2-6-15(13)16/h2-3,6-7,9-12,21H,4-5,8H2,1H3,(H,22,23)(H2,20,24,25). The maximum atomic E-state index is 12.2. The lowest BCUT2D eigenvalue weighted by Crippen LogP contribution is -2.15. The first-order valence-corrected chi connectivity index (χ1v) is 9.99. The smallest absolute Gasteiger partial charge is 0.241 e. The van der Waals surface area contributed by atoms with Crippen molar-refractivity contribution in [3.8, 4) is 5.75 Å². The first-order chi connectivity index (χ1) is 12.9. The van der Waals surface area contributed by atoms with Crippen molar-refractivity contribution in [1.82, 2.24) is 4.98 Å². The first kappa shape index (κ1) is 18.9. The van der Waals surface area contributed by atoms with Gasteiger partial charge in [-0.25, -0.2) is 13.6 Å². The van der Waals surface area contributed by atoms with Crippen LogP contribution < -0.4 is 15.2 Å². The molecule has 0 aliphatic heterocycles. The molecule has 4 N–H and O–H groups in total. The number of rotatable bonds is 7. The number of nitrogens with one attached hydrogen (secondary N) is 2. The highest BCUT2D eigenvalue weighted by Gasteiger charge is 2.16. The minimum absolute atomic E-state index is 0.134. The largest absolute Gasteiger partial charge is 0.495 e. The summed E-state index contributed by atoms with van der Waals surface area (Å²) in [7, 11) is -2.60. The molecule has 142 valence electrons. The van der Waals surface area contributed by atoms with Gasteiger partial charge in [-0.05, 0) is 42.7 Å². The first-order valence-electron chi connectivity index (χ1n) is 8.44. The SMILES string of the molecule is COc1ccc(NC(=O)CCCc2c[nH]c3ccccc23)cc1S(N)(=O)=O. The molecule has 3 rings (SSSR count). The Morgan fingerprint density at radius 1 is 1.22 bits per heavy atom. The molecule has 0 spiro atoms. The van der Waals surface area contributed by atoms with Crippen LogP contribution in [-0.2, 0) is 21.2 Å². The number of anilines is 1. The molecule has 0 saturated carbocycles. The topological polar surface area (TPSA) is 114 Å². The molecule has 7 nitrogen and oxygen atoms in total. The van der Waals surface area contributed by atoms with Gasteiger partial charge in [-0.15, -0.1) is 0 Å². The number of methoxy groups -OCH3 is 1. The summed E-state index contributed by atoms with van der Waals surface area (Å²) in [6.07, 6.45) is 3.72. The van der Waals surface area contributed by atoms with Gasteiger partial charge in [0.2, 0.25) is 15.9 Å². The Morgan fingerprint density at radius 3 is 2.74 bits per heavy atom. The monoisotopic (exact) mass is 387 g/mol. The minimum Gasteiger partial charge on any atom is -0.495 e. The molecule has 3 aromatic rings. The number of amides is 1. The number of nitrogens with two attached hydrogens (primary N) is 1. The number of aryl methyl sites for hydroxylation is 1. The number of benzene rings is 2. The summed E-state index contributed by atoms with van der Waals surface area (Å²) < 4.78 is 28.3. The maximum Gasteiger partial charge on any atom is 0.241 e. The molecule has 8 heteroatoms. The number of H-pyrrole nitrogens is 1. The Morgan fingerprint density at radius 2 is 2.00 bits per heavy atom. The van der Waals surface area contributed by atoms with E-state index < -0.39 is 10.0 Å². The Hall–Kier alpha value is -2.84. The number of primary sulfonamides is 1. The molecular weight excluding hydrogens is 366 g/mol. The number of hydrogen-bond acceptors (Lipinski definition) is 4. The normalized spacial score (nSPS) is 11.5. The van der Waals surface area contributed by atoms with E-state index in [1.807, 2.05) is 30.5 Å². The zero-order valence-electron chi connectivity index (χ0n) is 14.9. The van der Waals surface area contributed by atoms with Crippen molar-refractivity contribution < 1.29 is 17.9 Å². The van der Waals surface area contributed by atoms with Crippen LogP contribution in [-0.4, -0.2) is 26.4 Å². The summed E-state index contributed by atoms with van der Waals surface area (Å²) in [5.41, 5.74) is 2.60. The summed E-state index contributed by atoms with van der Waals surface area (Å²) in [6.45, 7) is 0. The Labute approximate surface area is 157 Å². The molecule has 0 aliphatic rings. The van der Waals surface area contributed by atoms with Crippen molar-refractivity contribution in [3.63, 3.8) is 0 Å². The van der Waals surface area contributed by atoms with Crippen LogP contribution in [0, 0.1) is 0 Å². The van der Waals surface area contributed by atoms with Crippen molar-refractivity contribution in [2.75, 3.05) is 12.4 Å². The summed E-state index contributed by atoms with van der Waals surface area (Å²) in [5, 5.41) is 9.05. The summed E-state index contributed by atoms with van der Waals surface area (Å²) in [4.78, 5) is 15.2. The van der Waals surface area contributed by atoms with Crippen molar-refractivity contribution >= 4 is 32.5 Å². The summed E-state index contributed by atoms with van der Waals surface area (Å²) in [6, 6.07) is 12.4. The van der Waals surface area contributed by atoms with E-state index >= 15 is 0 Å². The predicted molar refractivity (Wildman–Crippen MR) is 104 cm³/mol. The average Bonchev–Trinajstić information content (AvgIpc) is 3.04. The summed E-state index contributed by atoms with van der Waals surface area (Å²) in [5.74, 6) is -0.0600. The van der Waals surface area contributed by atoms with E-state index in [4.69, 9.17) is 9.88 Å². The van der Waals surface area contributed by atoms with Gasteiger partial charge in [-0.1, -0.05) is 18.2 Å². The number of ether oxygens (including phenoxy) is 1. The lowest BCUT2D eigenvalue weighted by Gasteiger charge is -2.10. The van der Waals surface area contributed by atoms with E-state index in [0.717, 1.165) is 17.3 Å². The zero-order chi connectivity index (χ0) is 19.4. The second-order valence-electron chi connectivity index (χ2n) is 6.17. The van der Waals surface area contributed by atoms with Crippen LogP contribution in [0.5, 0.6) is 5.75 Å². The van der Waals surface area contributed by atoms with Crippen LogP contribution in [0.2, 0.25) is 0 Å². The Bertz CT molecular complexity index is 1070. The minimum atomic E-state index is -3.95. The fourth-order valence-electron chi connectivity index (χ4n) is 2.98. The number of carbonyl (C=O) groups is 1. The lowest BCUT2D eigenvalue weighted by atomic mass is 10.1. The van der Waals surface area contributed by atoms with E-state index in [2.05, 4.69) is 10.3 Å². The van der Waals surface area contributed by atoms with Gasteiger partial charge in [-0.3, -0.25) is 4.79 Å². The van der Waals surface area contributed by atoms with Crippen LogP contribution in [0.15, 0.2) is 53.6 Å². The number of hydrogen-bond donors (Lipinski definition) is 3. The van der Waals surface area contributed by atoms with E-state index in [0.29, 0.717) is 18.5 Å². The molecular formula is C19H21N3O4S. The van der Waals surface area contributed by atoms with Crippen LogP contribution in [0.3, 0.4) is 0 Å². The van der Waals surface area contributed by atoms with Crippen LogP contribution in [0.4, 0.5) is 5.69 Å². The van der Waals surface area contributed by atoms with Gasteiger partial charge in [0.05, 0.1) is 7.11 Å². The quantitative estimate of drug-likeness (QED) is 0.578. The van der Waals surface area contributed by atoms with Crippen molar-refractivity contribution in [2.24, 2.45) is 5.14 Å². The number of sulfonamides is 1. The molecule has 1 heterocycles. The average molecular weight is 387 g/mol. The van der Waals surface area contributed by atoms with Crippen LogP contribution in [0.1, 0.15) is 18.4 Å². The molecule has 0 bridgehead atoms. The molecule has 0 fully saturated rings. The van der Waals surface area contributed by atoms with Crippen molar-refractivity contribution in [2.45, 2.75) is 24.2 Å². The highest BCUT2D eigenvalue weighted by atomic mass is 32.2. The molecule has 0 aliphatic carbocycles. The number of carbonyl (C=O) groups excluding carboxylic acids is 1. The van der Waals surface area contributed by atoms with Gasteiger partial charge in [0.25, 0.3) is 0 Å². The number of fused-ring (bicyclic) bond motifs is 1. The third-order valence-corrected chi connectivity index (χ3v) is 5.21. The van der Waals surface area contributed by atoms with Crippen LogP contribution >= 0.6 is 0 Å². The fourth-order valence-corrected chi connectivity index (χ4v) is 3.70. The van der Waals surface area contributed by atoms with E-state index in [-0.39, 0.29) is 16.6 Å². The summed E-state index contributed by atoms with van der Waals surface area (Å²) >= 11 is 0. The number of aromatic amines is 1. The van der Waals surface area contributed by atoms with Crippen molar-refractivity contribution in [1.29, 1.82) is 0 Å². The van der Waals surface area contributed by atoms with Crippen LogP contribution in [0.25, 0.3) is 10.9 Å². The second-order valence-corrected chi connectivity index (χ2v) is 7.70. The molecule has 27 heavy (non-hydrogen) atoms. The molecule has 0 radical (unpaired) electrons. The third kappa shape index (κ3) is 4.47. The highest BCUT2D eigenvalue weighted by Crippen LogP contribution is 2.26. The van der Waals surface area contributed by atoms with Gasteiger partial charge in [0.15, 0.2) is 0 Å². The number of aromatic nitrogens is 1. The second kappa shape index (κ2) is 7.81. The van der Waals surface area contributed by atoms with Gasteiger partial charge < -0.3 is 15.0 Å². The fraction of sp³-hybridized carbons (Fsp3) is 0.211. The molecule has 0 unspecified atom stereocenters. The van der Waals surface area contributed by atoms with Gasteiger partial charge in [-0.2, -0.15) is 0 Å². The third-order valence-electron chi connectivity index (χ3n) is 4.28. The molecule has 0 saturated heterocycles. The molecule has 0 atom stereocenters. The maximum absolute atomic E-state index is 12.2. The van der Waals surface area contributed by atoms with Gasteiger partial charge >= 0.3 is 0 Å².